The SMILES string of the molecule is COc1ccncc1COCC(=O)C12CC3CC(CC(C3)C1)C2. The van der Waals surface area contributed by atoms with Gasteiger partial charge in [0.25, 0.3) is 0 Å². The summed E-state index contributed by atoms with van der Waals surface area (Å²) in [7, 11) is 1.64. The number of rotatable bonds is 6. The largest absolute Gasteiger partial charge is 0.496 e. The fourth-order valence-electron chi connectivity index (χ4n) is 5.58. The van der Waals surface area contributed by atoms with Gasteiger partial charge in [0, 0.05) is 23.4 Å². The second-order valence-corrected chi connectivity index (χ2v) is 7.80. The third-order valence-electron chi connectivity index (χ3n) is 6.20. The van der Waals surface area contributed by atoms with Crippen LogP contribution in [0.1, 0.15) is 44.1 Å². The van der Waals surface area contributed by atoms with Crippen molar-refractivity contribution in [3.63, 3.8) is 0 Å². The lowest BCUT2D eigenvalue weighted by atomic mass is 9.48. The van der Waals surface area contributed by atoms with Gasteiger partial charge in [-0.1, -0.05) is 0 Å². The van der Waals surface area contributed by atoms with Crippen LogP contribution in [0, 0.1) is 23.2 Å². The van der Waals surface area contributed by atoms with Crippen LogP contribution in [0.15, 0.2) is 18.5 Å². The molecular weight excluding hydrogens is 290 g/mol. The zero-order valence-corrected chi connectivity index (χ0v) is 13.8. The second-order valence-electron chi connectivity index (χ2n) is 7.80. The van der Waals surface area contributed by atoms with Gasteiger partial charge in [0.2, 0.25) is 0 Å². The Balaban J connectivity index is 1.37. The van der Waals surface area contributed by atoms with Gasteiger partial charge in [0.1, 0.15) is 12.4 Å². The van der Waals surface area contributed by atoms with Crippen LogP contribution in [0.5, 0.6) is 5.75 Å². The van der Waals surface area contributed by atoms with Gasteiger partial charge in [-0.2, -0.15) is 0 Å². The Labute approximate surface area is 137 Å². The van der Waals surface area contributed by atoms with Gasteiger partial charge in [0.15, 0.2) is 5.78 Å². The number of nitrogens with zero attached hydrogens (tertiary/aromatic N) is 1. The number of carbonyl (C=O) groups excluding carboxylic acids is 1. The highest BCUT2D eigenvalue weighted by Gasteiger charge is 2.54. The number of carbonyl (C=O) groups is 1. The Hall–Kier alpha value is -1.42. The Morgan fingerprint density at radius 2 is 1.87 bits per heavy atom. The minimum absolute atomic E-state index is 0.0617. The molecule has 0 unspecified atom stereocenters. The quantitative estimate of drug-likeness (QED) is 0.807. The number of pyridine rings is 1. The summed E-state index contributed by atoms with van der Waals surface area (Å²) in [6, 6.07) is 1.82. The fourth-order valence-corrected chi connectivity index (χ4v) is 5.58. The van der Waals surface area contributed by atoms with Crippen LogP contribution in [0.2, 0.25) is 0 Å². The Bertz CT molecular complexity index is 563. The molecular formula is C19H25NO3. The summed E-state index contributed by atoms with van der Waals surface area (Å²) >= 11 is 0. The van der Waals surface area contributed by atoms with E-state index in [9.17, 15) is 4.79 Å². The van der Waals surface area contributed by atoms with E-state index in [-0.39, 0.29) is 12.0 Å². The molecule has 0 atom stereocenters. The molecule has 4 fully saturated rings. The number of methoxy groups -OCH3 is 1. The zero-order valence-electron chi connectivity index (χ0n) is 13.8. The molecule has 4 bridgehead atoms. The minimum Gasteiger partial charge on any atom is -0.496 e. The maximum atomic E-state index is 12.9. The minimum atomic E-state index is -0.0617. The van der Waals surface area contributed by atoms with Crippen LogP contribution in [0.3, 0.4) is 0 Å². The van der Waals surface area contributed by atoms with Gasteiger partial charge in [-0.15, -0.1) is 0 Å². The first kappa shape index (κ1) is 15.1. The Morgan fingerprint density at radius 3 is 2.48 bits per heavy atom. The van der Waals surface area contributed by atoms with Gasteiger partial charge in [-0.3, -0.25) is 9.78 Å². The van der Waals surface area contributed by atoms with E-state index < -0.39 is 0 Å². The molecule has 0 spiro atoms. The summed E-state index contributed by atoms with van der Waals surface area (Å²) in [6.07, 6.45) is 10.9. The number of ether oxygens (including phenoxy) is 2. The topological polar surface area (TPSA) is 48.4 Å². The number of hydrogen-bond donors (Lipinski definition) is 0. The zero-order chi connectivity index (χ0) is 15.9. The van der Waals surface area contributed by atoms with Crippen molar-refractivity contribution in [3.05, 3.63) is 24.0 Å². The third kappa shape index (κ3) is 2.78. The van der Waals surface area contributed by atoms with Crippen molar-refractivity contribution in [2.45, 2.75) is 45.1 Å². The van der Waals surface area contributed by atoms with E-state index in [0.717, 1.165) is 48.3 Å². The Morgan fingerprint density at radius 1 is 1.22 bits per heavy atom. The molecule has 0 aliphatic heterocycles. The summed E-state index contributed by atoms with van der Waals surface area (Å²) in [5, 5.41) is 0. The van der Waals surface area contributed by atoms with Crippen molar-refractivity contribution in [1.29, 1.82) is 0 Å². The molecule has 1 heterocycles. The van der Waals surface area contributed by atoms with E-state index in [1.807, 2.05) is 6.07 Å². The van der Waals surface area contributed by atoms with E-state index in [4.69, 9.17) is 9.47 Å². The molecule has 23 heavy (non-hydrogen) atoms. The molecule has 4 saturated carbocycles. The van der Waals surface area contributed by atoms with Gasteiger partial charge in [-0.05, 0) is 62.3 Å². The van der Waals surface area contributed by atoms with Crippen LogP contribution in [0.25, 0.3) is 0 Å². The number of hydrogen-bond acceptors (Lipinski definition) is 4. The average Bonchev–Trinajstić information content (AvgIpc) is 2.54. The highest BCUT2D eigenvalue weighted by Crippen LogP contribution is 2.60. The van der Waals surface area contributed by atoms with Gasteiger partial charge >= 0.3 is 0 Å². The standard InChI is InChI=1S/C19H25NO3/c1-22-17-2-3-20-10-16(17)11-23-12-18(21)19-7-13-4-14(8-19)6-15(5-13)9-19/h2-3,10,13-15H,4-9,11-12H2,1H3. The highest BCUT2D eigenvalue weighted by atomic mass is 16.5. The maximum Gasteiger partial charge on any atom is 0.164 e. The summed E-state index contributed by atoms with van der Waals surface area (Å²) in [5.41, 5.74) is 0.835. The molecule has 0 N–H and O–H groups in total. The lowest BCUT2D eigenvalue weighted by Gasteiger charge is -2.55. The molecule has 1 aromatic rings. The van der Waals surface area contributed by atoms with Gasteiger partial charge in [0.05, 0.1) is 13.7 Å². The summed E-state index contributed by atoms with van der Waals surface area (Å²) in [5.74, 6) is 3.48. The molecule has 4 heteroatoms. The predicted molar refractivity (Wildman–Crippen MR) is 86.1 cm³/mol. The first-order chi connectivity index (χ1) is 11.2. The maximum absolute atomic E-state index is 12.9. The monoisotopic (exact) mass is 315 g/mol. The fraction of sp³-hybridized carbons (Fsp3) is 0.684. The van der Waals surface area contributed by atoms with Crippen molar-refractivity contribution < 1.29 is 14.3 Å². The lowest BCUT2D eigenvalue weighted by molar-refractivity contribution is -0.149. The van der Waals surface area contributed by atoms with Gasteiger partial charge in [-0.25, -0.2) is 0 Å². The van der Waals surface area contributed by atoms with Crippen LogP contribution in [0.4, 0.5) is 0 Å². The third-order valence-corrected chi connectivity index (χ3v) is 6.20. The van der Waals surface area contributed by atoms with E-state index in [2.05, 4.69) is 4.98 Å². The number of ketones is 1. The van der Waals surface area contributed by atoms with E-state index in [1.54, 1.807) is 19.5 Å². The first-order valence-electron chi connectivity index (χ1n) is 8.76. The van der Waals surface area contributed by atoms with Crippen molar-refractivity contribution in [2.75, 3.05) is 13.7 Å². The summed E-state index contributed by atoms with van der Waals surface area (Å²) in [6.45, 7) is 0.610. The molecule has 0 aromatic carbocycles. The van der Waals surface area contributed by atoms with Crippen molar-refractivity contribution in [3.8, 4) is 5.75 Å². The van der Waals surface area contributed by atoms with Crippen LogP contribution >= 0.6 is 0 Å². The average molecular weight is 315 g/mol. The molecule has 4 nitrogen and oxygen atoms in total. The molecule has 4 aliphatic carbocycles. The smallest absolute Gasteiger partial charge is 0.164 e. The molecule has 0 radical (unpaired) electrons. The van der Waals surface area contributed by atoms with E-state index >= 15 is 0 Å². The summed E-state index contributed by atoms with van der Waals surface area (Å²) in [4.78, 5) is 17.0. The van der Waals surface area contributed by atoms with E-state index in [1.165, 1.54) is 19.3 Å². The van der Waals surface area contributed by atoms with Crippen molar-refractivity contribution in [1.82, 2.24) is 4.98 Å². The van der Waals surface area contributed by atoms with Gasteiger partial charge < -0.3 is 9.47 Å². The van der Waals surface area contributed by atoms with Crippen molar-refractivity contribution >= 4 is 5.78 Å². The number of aromatic nitrogens is 1. The van der Waals surface area contributed by atoms with Crippen LogP contribution in [-0.2, 0) is 16.1 Å². The molecule has 1 aromatic heterocycles. The molecule has 5 rings (SSSR count). The van der Waals surface area contributed by atoms with E-state index in [0.29, 0.717) is 12.4 Å². The van der Waals surface area contributed by atoms with Crippen LogP contribution < -0.4 is 4.74 Å². The molecule has 0 amide bonds. The van der Waals surface area contributed by atoms with Crippen molar-refractivity contribution in [2.24, 2.45) is 23.2 Å². The highest BCUT2D eigenvalue weighted by molar-refractivity contribution is 5.86. The summed E-state index contributed by atoms with van der Waals surface area (Å²) < 4.78 is 11.0. The first-order valence-corrected chi connectivity index (χ1v) is 8.76. The second kappa shape index (κ2) is 5.90. The predicted octanol–water partition coefficient (Wildman–Crippen LogP) is 3.39. The normalized spacial score (nSPS) is 34.6. The lowest BCUT2D eigenvalue weighted by Crippen LogP contribution is -2.51. The number of Topliss-reactive ketones (excluding diaryl/α,β-unsaturated/α-hetero) is 1. The molecule has 4 aliphatic rings. The van der Waals surface area contributed by atoms with Crippen LogP contribution in [-0.4, -0.2) is 24.5 Å². The molecule has 124 valence electrons. The molecule has 0 saturated heterocycles. The Kier molecular flexibility index (Phi) is 3.88.